The van der Waals surface area contributed by atoms with Crippen LogP contribution in [0.4, 0.5) is 0 Å². The molecule has 0 saturated heterocycles. The van der Waals surface area contributed by atoms with E-state index in [1.54, 1.807) is 11.1 Å². The highest BCUT2D eigenvalue weighted by Gasteiger charge is 2.24. The number of rotatable bonds is 7. The second kappa shape index (κ2) is 9.92. The predicted molar refractivity (Wildman–Crippen MR) is 126 cm³/mol. The Morgan fingerprint density at radius 2 is 1.34 bits per heavy atom. The molecule has 1 fully saturated rings. The van der Waals surface area contributed by atoms with Gasteiger partial charge in [-0.2, -0.15) is 0 Å². The summed E-state index contributed by atoms with van der Waals surface area (Å²) in [6.07, 6.45) is 11.9. The zero-order chi connectivity index (χ0) is 19.9. The van der Waals surface area contributed by atoms with Crippen molar-refractivity contribution in [3.05, 3.63) is 83.9 Å². The Balaban J connectivity index is 1.91. The summed E-state index contributed by atoms with van der Waals surface area (Å²) >= 11 is 0. The monoisotopic (exact) mass is 382 g/mol. The van der Waals surface area contributed by atoms with E-state index in [0.29, 0.717) is 5.92 Å². The number of unbranched alkanes of at least 4 members (excludes halogenated alkanes) is 2. The molecule has 0 aromatic heterocycles. The minimum atomic E-state index is 0.681. The standard InChI is InChI=1S/C29H34/c1-2-3-7-16-26-21-22-27(23-14-8-4-9-15-23)29(25-19-12-6-13-20-25)28(26)24-17-10-5-11-18-24/h4-5,8-11,14-15,17-18,21-22,25H,2-3,6-7,12-13,16,19-20H2,1H3. The van der Waals surface area contributed by atoms with Gasteiger partial charge in [0, 0.05) is 0 Å². The van der Waals surface area contributed by atoms with Crippen molar-refractivity contribution < 1.29 is 0 Å². The predicted octanol–water partition coefficient (Wildman–Crippen LogP) is 8.80. The van der Waals surface area contributed by atoms with Crippen molar-refractivity contribution in [2.24, 2.45) is 0 Å². The molecule has 3 aromatic rings. The molecular formula is C29H34. The van der Waals surface area contributed by atoms with Crippen LogP contribution < -0.4 is 0 Å². The molecule has 150 valence electrons. The van der Waals surface area contributed by atoms with E-state index in [0.717, 1.165) is 0 Å². The van der Waals surface area contributed by atoms with Gasteiger partial charge in [-0.3, -0.25) is 0 Å². The summed E-state index contributed by atoms with van der Waals surface area (Å²) in [6.45, 7) is 2.30. The topological polar surface area (TPSA) is 0 Å². The van der Waals surface area contributed by atoms with E-state index < -0.39 is 0 Å². The van der Waals surface area contributed by atoms with Crippen molar-refractivity contribution in [3.63, 3.8) is 0 Å². The van der Waals surface area contributed by atoms with Crippen molar-refractivity contribution in [1.82, 2.24) is 0 Å². The van der Waals surface area contributed by atoms with Crippen LogP contribution in [0.25, 0.3) is 22.3 Å². The number of aryl methyl sites for hydroxylation is 1. The van der Waals surface area contributed by atoms with Gasteiger partial charge in [-0.25, -0.2) is 0 Å². The fraction of sp³-hybridized carbons (Fsp3) is 0.379. The molecule has 1 saturated carbocycles. The molecule has 0 aliphatic heterocycles. The van der Waals surface area contributed by atoms with Crippen LogP contribution in [0.5, 0.6) is 0 Å². The Morgan fingerprint density at radius 3 is 2.00 bits per heavy atom. The van der Waals surface area contributed by atoms with E-state index in [1.807, 2.05) is 0 Å². The first-order valence-electron chi connectivity index (χ1n) is 11.6. The van der Waals surface area contributed by atoms with E-state index in [4.69, 9.17) is 0 Å². The molecule has 0 bridgehead atoms. The van der Waals surface area contributed by atoms with E-state index in [1.165, 1.54) is 80.0 Å². The SMILES string of the molecule is CCCCCc1ccc(-c2ccccc2)c(C2CCCCC2)c1-c1ccccc1. The summed E-state index contributed by atoms with van der Waals surface area (Å²) in [5, 5.41) is 0. The lowest BCUT2D eigenvalue weighted by molar-refractivity contribution is 0.444. The lowest BCUT2D eigenvalue weighted by Crippen LogP contribution is -2.10. The van der Waals surface area contributed by atoms with Crippen LogP contribution in [0.15, 0.2) is 72.8 Å². The number of hydrogen-bond acceptors (Lipinski definition) is 0. The first kappa shape index (κ1) is 20.0. The smallest absolute Gasteiger partial charge is 0.0111 e. The van der Waals surface area contributed by atoms with Gasteiger partial charge in [-0.1, -0.05) is 112 Å². The minimum Gasteiger partial charge on any atom is -0.0654 e. The van der Waals surface area contributed by atoms with Gasteiger partial charge in [-0.15, -0.1) is 0 Å². The fourth-order valence-electron chi connectivity index (χ4n) is 5.07. The molecule has 1 aliphatic rings. The Bertz CT molecular complexity index is 886. The summed E-state index contributed by atoms with van der Waals surface area (Å²) in [4.78, 5) is 0. The Hall–Kier alpha value is -2.34. The van der Waals surface area contributed by atoms with Crippen LogP contribution in [-0.2, 0) is 6.42 Å². The van der Waals surface area contributed by atoms with Crippen LogP contribution in [0, 0.1) is 0 Å². The van der Waals surface area contributed by atoms with Crippen molar-refractivity contribution in [2.45, 2.75) is 70.6 Å². The van der Waals surface area contributed by atoms with Gasteiger partial charge in [0.1, 0.15) is 0 Å². The third kappa shape index (κ3) is 4.64. The van der Waals surface area contributed by atoms with Crippen LogP contribution in [0.3, 0.4) is 0 Å². The van der Waals surface area contributed by atoms with Crippen molar-refractivity contribution in [1.29, 1.82) is 0 Å². The number of hydrogen-bond donors (Lipinski definition) is 0. The van der Waals surface area contributed by atoms with Crippen LogP contribution >= 0.6 is 0 Å². The zero-order valence-corrected chi connectivity index (χ0v) is 17.9. The first-order valence-corrected chi connectivity index (χ1v) is 11.6. The fourth-order valence-corrected chi connectivity index (χ4v) is 5.07. The Morgan fingerprint density at radius 1 is 0.690 bits per heavy atom. The largest absolute Gasteiger partial charge is 0.0654 e. The van der Waals surface area contributed by atoms with E-state index in [9.17, 15) is 0 Å². The third-order valence-corrected chi connectivity index (χ3v) is 6.54. The van der Waals surface area contributed by atoms with E-state index in [-0.39, 0.29) is 0 Å². The van der Waals surface area contributed by atoms with Crippen molar-refractivity contribution >= 4 is 0 Å². The minimum absolute atomic E-state index is 0.681. The molecule has 0 nitrogen and oxygen atoms in total. The number of benzene rings is 3. The maximum absolute atomic E-state index is 2.42. The highest BCUT2D eigenvalue weighted by Crippen LogP contribution is 2.45. The van der Waals surface area contributed by atoms with E-state index in [2.05, 4.69) is 79.7 Å². The molecule has 0 atom stereocenters. The molecule has 3 aromatic carbocycles. The Labute approximate surface area is 177 Å². The molecule has 0 radical (unpaired) electrons. The summed E-state index contributed by atoms with van der Waals surface area (Å²) in [5.74, 6) is 0.681. The highest BCUT2D eigenvalue weighted by molar-refractivity contribution is 5.82. The maximum Gasteiger partial charge on any atom is -0.0111 e. The molecule has 29 heavy (non-hydrogen) atoms. The molecule has 0 N–H and O–H groups in total. The zero-order valence-electron chi connectivity index (χ0n) is 17.9. The lowest BCUT2D eigenvalue weighted by atomic mass is 9.75. The summed E-state index contributed by atoms with van der Waals surface area (Å²) in [6, 6.07) is 27.1. The average Bonchev–Trinajstić information content (AvgIpc) is 2.80. The van der Waals surface area contributed by atoms with Gasteiger partial charge in [-0.05, 0) is 65.0 Å². The van der Waals surface area contributed by atoms with Gasteiger partial charge in [0.2, 0.25) is 0 Å². The third-order valence-electron chi connectivity index (χ3n) is 6.54. The van der Waals surface area contributed by atoms with Crippen LogP contribution in [0.1, 0.15) is 75.3 Å². The molecule has 0 amide bonds. The van der Waals surface area contributed by atoms with Gasteiger partial charge in [0.25, 0.3) is 0 Å². The van der Waals surface area contributed by atoms with E-state index >= 15 is 0 Å². The highest BCUT2D eigenvalue weighted by atomic mass is 14.3. The molecule has 0 heteroatoms. The summed E-state index contributed by atoms with van der Waals surface area (Å²) in [5.41, 5.74) is 8.93. The molecule has 0 spiro atoms. The van der Waals surface area contributed by atoms with Crippen LogP contribution in [-0.4, -0.2) is 0 Å². The van der Waals surface area contributed by atoms with Gasteiger partial charge in [0.15, 0.2) is 0 Å². The molecule has 4 rings (SSSR count). The molecule has 1 aliphatic carbocycles. The summed E-state index contributed by atoms with van der Waals surface area (Å²) in [7, 11) is 0. The van der Waals surface area contributed by atoms with Crippen LogP contribution in [0.2, 0.25) is 0 Å². The van der Waals surface area contributed by atoms with Gasteiger partial charge < -0.3 is 0 Å². The molecule has 0 unspecified atom stereocenters. The normalized spacial score (nSPS) is 14.8. The van der Waals surface area contributed by atoms with Gasteiger partial charge in [0.05, 0.1) is 0 Å². The second-order valence-corrected chi connectivity index (χ2v) is 8.59. The lowest BCUT2D eigenvalue weighted by Gasteiger charge is -2.29. The first-order chi connectivity index (χ1) is 14.4. The quantitative estimate of drug-likeness (QED) is 0.358. The molecular weight excluding hydrogens is 348 g/mol. The van der Waals surface area contributed by atoms with Crippen molar-refractivity contribution in [2.75, 3.05) is 0 Å². The Kier molecular flexibility index (Phi) is 6.83. The van der Waals surface area contributed by atoms with Gasteiger partial charge >= 0.3 is 0 Å². The second-order valence-electron chi connectivity index (χ2n) is 8.59. The van der Waals surface area contributed by atoms with Crippen molar-refractivity contribution in [3.8, 4) is 22.3 Å². The molecule has 0 heterocycles. The average molecular weight is 383 g/mol. The summed E-state index contributed by atoms with van der Waals surface area (Å²) < 4.78 is 0. The maximum atomic E-state index is 2.42.